The number of fused-ring (bicyclic) bond motifs is 10. The van der Waals surface area contributed by atoms with Crippen molar-refractivity contribution < 1.29 is 0 Å². The van der Waals surface area contributed by atoms with Gasteiger partial charge in [0.2, 0.25) is 0 Å². The third kappa shape index (κ3) is 9.28. The Morgan fingerprint density at radius 2 is 0.800 bits per heavy atom. The second-order valence-corrected chi connectivity index (χ2v) is 19.4. The minimum Gasteiger partial charge on any atom is -0.376 e. The number of hydrogen-bond donors (Lipinski definition) is 1. The van der Waals surface area contributed by atoms with Gasteiger partial charge in [-0.15, -0.1) is 0 Å². The SMILES string of the molecule is Cc1nc2ccc3c(c2nc1-c1ccccc1)C=CC(C)(C)N3.Cc1nc2ccc3ncccc3c2nc1-c1ccc(-c2ccccc2)cc1.Cc1nc2ccc3ncccc3c2nc1-c1ccc2ccccc2c1. The Labute approximate surface area is 434 Å². The van der Waals surface area contributed by atoms with Crippen LogP contribution in [0.3, 0.4) is 0 Å². The molecule has 1 aliphatic heterocycles. The van der Waals surface area contributed by atoms with Crippen LogP contribution >= 0.6 is 0 Å². The smallest absolute Gasteiger partial charge is 0.0988 e. The highest BCUT2D eigenvalue weighted by molar-refractivity contribution is 6.04. The summed E-state index contributed by atoms with van der Waals surface area (Å²) in [5.41, 5.74) is 20.8. The lowest BCUT2D eigenvalue weighted by molar-refractivity contribution is 0.711. The number of hydrogen-bond acceptors (Lipinski definition) is 9. The summed E-state index contributed by atoms with van der Waals surface area (Å²) in [7, 11) is 0. The minimum atomic E-state index is -0.0406. The number of pyridine rings is 2. The van der Waals surface area contributed by atoms with Gasteiger partial charge in [0, 0.05) is 51.1 Å². The van der Waals surface area contributed by atoms with Crippen molar-refractivity contribution in [3.63, 3.8) is 0 Å². The Kier molecular flexibility index (Phi) is 12.0. The van der Waals surface area contributed by atoms with Crippen LogP contribution in [0.5, 0.6) is 0 Å². The summed E-state index contributed by atoms with van der Waals surface area (Å²) in [6.45, 7) is 10.4. The molecule has 0 bridgehead atoms. The van der Waals surface area contributed by atoms with Gasteiger partial charge in [-0.2, -0.15) is 0 Å². The number of nitrogens with one attached hydrogen (secondary N) is 1. The van der Waals surface area contributed by atoms with Crippen molar-refractivity contribution in [3.8, 4) is 44.9 Å². The molecule has 0 atom stereocenters. The zero-order valence-corrected chi connectivity index (χ0v) is 42.3. The standard InChI is InChI=1S/C24H17N3.C22H15N3.C20H19N3/c1-16-23(19-11-9-18(10-12-19)17-6-3-2-4-7-17)27-24-20-8-5-15-25-21(20)13-14-22(24)26-16;1-14-21(17-9-8-15-5-2-3-6-16(15)13-17)25-22-18-7-4-12-23-19(18)10-11-20(22)24-14;1-13-18(14-7-5-4-6-8-14)22-19-15-11-12-20(2,3)23-16(15)9-10-17(19)21-13/h2-15H,1H3;2-13H,1H3;4-12,23H,1-3H3. The number of aryl methyl sites for hydroxylation is 3. The molecule has 0 saturated carbocycles. The second-order valence-electron chi connectivity index (χ2n) is 19.4. The van der Waals surface area contributed by atoms with Crippen LogP contribution in [0.1, 0.15) is 36.5 Å². The number of benzene rings is 8. The quantitative estimate of drug-likeness (QED) is 0.172. The van der Waals surface area contributed by atoms with Crippen LogP contribution in [-0.2, 0) is 0 Å². The summed E-state index contributed by atoms with van der Waals surface area (Å²) < 4.78 is 0. The minimum absolute atomic E-state index is 0.0406. The van der Waals surface area contributed by atoms with Crippen molar-refractivity contribution in [3.05, 3.63) is 229 Å². The van der Waals surface area contributed by atoms with Crippen LogP contribution in [0.15, 0.2) is 207 Å². The second kappa shape index (κ2) is 19.4. The van der Waals surface area contributed by atoms with E-state index in [1.54, 1.807) is 12.4 Å². The average Bonchev–Trinajstić information content (AvgIpc) is 3.46. The van der Waals surface area contributed by atoms with Gasteiger partial charge >= 0.3 is 0 Å². The highest BCUT2D eigenvalue weighted by Crippen LogP contribution is 2.35. The van der Waals surface area contributed by atoms with Crippen LogP contribution in [-0.4, -0.2) is 45.4 Å². The van der Waals surface area contributed by atoms with Crippen LogP contribution in [0.2, 0.25) is 0 Å². The first-order valence-electron chi connectivity index (χ1n) is 25.2. The van der Waals surface area contributed by atoms with E-state index < -0.39 is 0 Å². The Bertz CT molecular complexity index is 4330. The molecule has 0 amide bonds. The molecule has 0 fully saturated rings. The summed E-state index contributed by atoms with van der Waals surface area (Å²) in [5.74, 6) is 0. The molecule has 14 rings (SSSR count). The average molecular weight is 970 g/mol. The molecule has 13 aromatic rings. The van der Waals surface area contributed by atoms with E-state index in [9.17, 15) is 0 Å². The van der Waals surface area contributed by atoms with Gasteiger partial charge in [-0.1, -0.05) is 133 Å². The maximum absolute atomic E-state index is 4.98. The highest BCUT2D eigenvalue weighted by Gasteiger charge is 2.22. The molecule has 0 saturated heterocycles. The number of nitrogens with zero attached hydrogens (tertiary/aromatic N) is 8. The van der Waals surface area contributed by atoms with E-state index in [1.165, 1.54) is 21.9 Å². The van der Waals surface area contributed by atoms with Gasteiger partial charge in [-0.3, -0.25) is 9.97 Å². The van der Waals surface area contributed by atoms with Crippen molar-refractivity contribution in [2.24, 2.45) is 0 Å². The van der Waals surface area contributed by atoms with Crippen LogP contribution in [0.25, 0.3) is 117 Å². The van der Waals surface area contributed by atoms with E-state index in [1.807, 2.05) is 87.5 Å². The fourth-order valence-electron chi connectivity index (χ4n) is 9.91. The molecule has 6 heterocycles. The molecule has 0 unspecified atom stereocenters. The fourth-order valence-corrected chi connectivity index (χ4v) is 9.91. The third-order valence-electron chi connectivity index (χ3n) is 13.7. The first-order valence-corrected chi connectivity index (χ1v) is 25.2. The maximum atomic E-state index is 4.98. The first kappa shape index (κ1) is 46.5. The summed E-state index contributed by atoms with van der Waals surface area (Å²) in [6.07, 6.45) is 7.95. The van der Waals surface area contributed by atoms with E-state index >= 15 is 0 Å². The Morgan fingerprint density at radius 1 is 0.360 bits per heavy atom. The predicted molar refractivity (Wildman–Crippen MR) is 309 cm³/mol. The topological polar surface area (TPSA) is 115 Å². The molecule has 5 aromatic heterocycles. The van der Waals surface area contributed by atoms with Crippen molar-refractivity contribution in [2.75, 3.05) is 5.32 Å². The van der Waals surface area contributed by atoms with Crippen LogP contribution in [0.4, 0.5) is 5.69 Å². The van der Waals surface area contributed by atoms with Crippen LogP contribution in [0, 0.1) is 20.8 Å². The number of rotatable bonds is 4. The normalized spacial score (nSPS) is 12.5. The Morgan fingerprint density at radius 3 is 1.40 bits per heavy atom. The predicted octanol–water partition coefficient (Wildman–Crippen LogP) is 15.9. The van der Waals surface area contributed by atoms with E-state index in [-0.39, 0.29) is 5.54 Å². The maximum Gasteiger partial charge on any atom is 0.0988 e. The Hall–Kier alpha value is -9.60. The highest BCUT2D eigenvalue weighted by atomic mass is 15.0. The van der Waals surface area contributed by atoms with Gasteiger partial charge < -0.3 is 5.32 Å². The van der Waals surface area contributed by atoms with Gasteiger partial charge in [0.25, 0.3) is 0 Å². The molecule has 9 nitrogen and oxygen atoms in total. The van der Waals surface area contributed by atoms with Gasteiger partial charge in [-0.25, -0.2) is 29.9 Å². The summed E-state index contributed by atoms with van der Waals surface area (Å²) in [4.78, 5) is 38.1. The van der Waals surface area contributed by atoms with Crippen molar-refractivity contribution in [1.29, 1.82) is 0 Å². The zero-order valence-electron chi connectivity index (χ0n) is 42.3. The van der Waals surface area contributed by atoms with Gasteiger partial charge in [0.05, 0.1) is 83.8 Å². The summed E-state index contributed by atoms with van der Waals surface area (Å²) in [5, 5.41) is 8.05. The molecular formula is C66H51N9. The molecule has 9 heteroatoms. The molecule has 1 aliphatic rings. The van der Waals surface area contributed by atoms with Crippen molar-refractivity contribution >= 4 is 77.4 Å². The lowest BCUT2D eigenvalue weighted by Crippen LogP contribution is -2.30. The van der Waals surface area contributed by atoms with E-state index in [0.29, 0.717) is 0 Å². The summed E-state index contributed by atoms with van der Waals surface area (Å²) >= 11 is 0. The largest absolute Gasteiger partial charge is 0.376 e. The lowest BCUT2D eigenvalue weighted by atomic mass is 9.96. The van der Waals surface area contributed by atoms with Gasteiger partial charge in [0.15, 0.2) is 0 Å². The third-order valence-corrected chi connectivity index (χ3v) is 13.7. The molecule has 0 radical (unpaired) electrons. The fraction of sp³-hybridized carbons (Fsp3) is 0.0909. The molecule has 8 aromatic carbocycles. The molecule has 0 aliphatic carbocycles. The van der Waals surface area contributed by atoms with Gasteiger partial charge in [-0.05, 0) is 123 Å². The lowest BCUT2D eigenvalue weighted by Gasteiger charge is -2.29. The number of aromatic nitrogens is 8. The molecular weight excluding hydrogens is 919 g/mol. The monoisotopic (exact) mass is 969 g/mol. The van der Waals surface area contributed by atoms with E-state index in [4.69, 9.17) is 29.9 Å². The van der Waals surface area contributed by atoms with Crippen molar-refractivity contribution in [1.82, 2.24) is 39.9 Å². The van der Waals surface area contributed by atoms with Crippen LogP contribution < -0.4 is 5.32 Å². The zero-order chi connectivity index (χ0) is 51.0. The number of anilines is 1. The molecule has 75 heavy (non-hydrogen) atoms. The molecule has 0 spiro atoms. The van der Waals surface area contributed by atoms with E-state index in [2.05, 4.69) is 163 Å². The first-order chi connectivity index (χ1) is 36.6. The van der Waals surface area contributed by atoms with Gasteiger partial charge in [0.1, 0.15) is 0 Å². The summed E-state index contributed by atoms with van der Waals surface area (Å²) in [6, 6.07) is 64.1. The van der Waals surface area contributed by atoms with Crippen molar-refractivity contribution in [2.45, 2.75) is 40.2 Å². The Balaban J connectivity index is 0.000000114. The molecule has 1 N–H and O–H groups in total. The molecule has 360 valence electrons. The van der Waals surface area contributed by atoms with E-state index in [0.717, 1.165) is 117 Å².